The Labute approximate surface area is 92.8 Å². The summed E-state index contributed by atoms with van der Waals surface area (Å²) in [5.74, 6) is -2.82. The van der Waals surface area contributed by atoms with Crippen molar-refractivity contribution in [2.45, 2.75) is 20.8 Å². The van der Waals surface area contributed by atoms with Crippen molar-refractivity contribution in [3.63, 3.8) is 0 Å². The number of ketones is 1. The molecule has 0 rings (SSSR count). The highest BCUT2D eigenvalue weighted by atomic mass is 16.5. The number of aliphatic hydroxyl groups is 1. The Kier molecular flexibility index (Phi) is 5.84. The van der Waals surface area contributed by atoms with Crippen LogP contribution in [0, 0.1) is 0 Å². The molecular formula is C10H14O6. The second-order valence-corrected chi connectivity index (χ2v) is 2.88. The van der Waals surface area contributed by atoms with Crippen LogP contribution in [0.15, 0.2) is 11.3 Å². The molecule has 0 aliphatic carbocycles. The number of rotatable bonds is 5. The van der Waals surface area contributed by atoms with Crippen LogP contribution in [0.4, 0.5) is 0 Å². The highest BCUT2D eigenvalue weighted by molar-refractivity contribution is 6.16. The van der Waals surface area contributed by atoms with Gasteiger partial charge in [-0.2, -0.15) is 0 Å². The molecule has 6 nitrogen and oxygen atoms in total. The molecule has 0 radical (unpaired) electrons. The van der Waals surface area contributed by atoms with Crippen LogP contribution >= 0.6 is 0 Å². The lowest BCUT2D eigenvalue weighted by atomic mass is 10.1. The van der Waals surface area contributed by atoms with Crippen LogP contribution < -0.4 is 0 Å². The molecule has 0 fully saturated rings. The van der Waals surface area contributed by atoms with Crippen molar-refractivity contribution >= 4 is 17.7 Å². The van der Waals surface area contributed by atoms with Crippen molar-refractivity contribution in [1.82, 2.24) is 0 Å². The molecule has 0 saturated carbocycles. The molecule has 1 N–H and O–H groups in total. The van der Waals surface area contributed by atoms with Crippen molar-refractivity contribution in [2.24, 2.45) is 0 Å². The molecule has 0 heterocycles. The van der Waals surface area contributed by atoms with Gasteiger partial charge in [-0.05, 0) is 13.8 Å². The summed E-state index contributed by atoms with van der Waals surface area (Å²) in [5, 5.41) is 9.41. The predicted octanol–water partition coefficient (Wildman–Crippen LogP) is 0.514. The first-order chi connectivity index (χ1) is 7.40. The van der Waals surface area contributed by atoms with Crippen LogP contribution in [0.3, 0.4) is 0 Å². The molecule has 0 aromatic rings. The van der Waals surface area contributed by atoms with E-state index in [9.17, 15) is 19.5 Å². The lowest BCUT2D eigenvalue weighted by molar-refractivity contribution is -0.143. The van der Waals surface area contributed by atoms with E-state index in [4.69, 9.17) is 0 Å². The van der Waals surface area contributed by atoms with Gasteiger partial charge in [0.15, 0.2) is 5.78 Å². The van der Waals surface area contributed by atoms with Gasteiger partial charge in [0.05, 0.1) is 6.61 Å². The van der Waals surface area contributed by atoms with E-state index in [1.165, 1.54) is 0 Å². The Bertz CT molecular complexity index is 328. The van der Waals surface area contributed by atoms with Crippen molar-refractivity contribution in [3.8, 4) is 0 Å². The van der Waals surface area contributed by atoms with Crippen molar-refractivity contribution in [3.05, 3.63) is 11.3 Å². The molecule has 6 heteroatoms. The zero-order valence-electron chi connectivity index (χ0n) is 9.40. The van der Waals surface area contributed by atoms with Gasteiger partial charge in [-0.15, -0.1) is 0 Å². The minimum atomic E-state index is -0.931. The molecule has 0 saturated heterocycles. The molecule has 0 aliphatic rings. The summed E-state index contributed by atoms with van der Waals surface area (Å²) in [7, 11) is 0. The first-order valence-electron chi connectivity index (χ1n) is 4.63. The van der Waals surface area contributed by atoms with Crippen LogP contribution in [-0.4, -0.2) is 36.0 Å². The van der Waals surface area contributed by atoms with Crippen LogP contribution in [0.5, 0.6) is 0 Å². The van der Waals surface area contributed by atoms with Crippen LogP contribution in [0.25, 0.3) is 0 Å². The van der Waals surface area contributed by atoms with Crippen LogP contribution in [-0.2, 0) is 23.9 Å². The van der Waals surface area contributed by atoms with Gasteiger partial charge in [0.2, 0.25) is 0 Å². The monoisotopic (exact) mass is 230 g/mol. The number of Topliss-reactive ketones (excluding diaryl/α,β-unsaturated/α-hetero) is 1. The molecule has 16 heavy (non-hydrogen) atoms. The number of esters is 2. The third kappa shape index (κ3) is 4.59. The molecule has 0 aromatic carbocycles. The van der Waals surface area contributed by atoms with Gasteiger partial charge in [-0.25, -0.2) is 4.79 Å². The molecule has 0 aromatic heterocycles. The Morgan fingerprint density at radius 3 is 2.06 bits per heavy atom. The Balaban J connectivity index is 4.85. The van der Waals surface area contributed by atoms with Gasteiger partial charge in [0.25, 0.3) is 0 Å². The highest BCUT2D eigenvalue weighted by Crippen LogP contribution is 2.07. The number of carbonyl (C=O) groups excluding carboxylic acids is 3. The Hall–Kier alpha value is -1.85. The molecule has 0 aliphatic heterocycles. The third-order valence-corrected chi connectivity index (χ3v) is 1.53. The fourth-order valence-corrected chi connectivity index (χ4v) is 0.910. The maximum Gasteiger partial charge on any atom is 0.345 e. The lowest BCUT2D eigenvalue weighted by Crippen LogP contribution is -2.18. The number of ether oxygens (including phenoxy) is 2. The standard InChI is InChI=1S/C10H14O6/c1-4-15-10(14)9(6(2)11)8(13)5-16-7(3)12/h13H,4-5H2,1-3H3/b9-8-. The van der Waals surface area contributed by atoms with Crippen molar-refractivity contribution < 1.29 is 29.0 Å². The summed E-state index contributed by atoms with van der Waals surface area (Å²) in [5.41, 5.74) is -0.497. The normalized spacial score (nSPS) is 11.4. The summed E-state index contributed by atoms with van der Waals surface area (Å²) < 4.78 is 9.03. The summed E-state index contributed by atoms with van der Waals surface area (Å²) in [6, 6.07) is 0. The average molecular weight is 230 g/mol. The summed E-state index contributed by atoms with van der Waals surface area (Å²) in [4.78, 5) is 32.8. The van der Waals surface area contributed by atoms with Gasteiger partial charge in [-0.3, -0.25) is 9.59 Å². The van der Waals surface area contributed by atoms with E-state index in [0.717, 1.165) is 13.8 Å². The van der Waals surface area contributed by atoms with E-state index >= 15 is 0 Å². The third-order valence-electron chi connectivity index (χ3n) is 1.53. The Morgan fingerprint density at radius 1 is 1.12 bits per heavy atom. The minimum absolute atomic E-state index is 0.0798. The number of aliphatic hydroxyl groups excluding tert-OH is 1. The first-order valence-corrected chi connectivity index (χ1v) is 4.63. The molecule has 0 bridgehead atoms. The summed E-state index contributed by atoms with van der Waals surface area (Å²) in [6.07, 6.45) is 0. The van der Waals surface area contributed by atoms with E-state index in [-0.39, 0.29) is 6.61 Å². The molecule has 0 atom stereocenters. The van der Waals surface area contributed by atoms with Gasteiger partial charge in [-0.1, -0.05) is 0 Å². The maximum absolute atomic E-state index is 11.3. The summed E-state index contributed by atoms with van der Waals surface area (Å²) in [6.45, 7) is 3.37. The van der Waals surface area contributed by atoms with E-state index < -0.39 is 35.7 Å². The molecular weight excluding hydrogens is 216 g/mol. The fraction of sp³-hybridized carbons (Fsp3) is 0.500. The van der Waals surface area contributed by atoms with Gasteiger partial charge in [0.1, 0.15) is 17.9 Å². The SMILES string of the molecule is CCOC(=O)/C(C(C)=O)=C(\O)COC(C)=O. The maximum atomic E-state index is 11.3. The van der Waals surface area contributed by atoms with Crippen LogP contribution in [0.2, 0.25) is 0 Å². The summed E-state index contributed by atoms with van der Waals surface area (Å²) >= 11 is 0. The van der Waals surface area contributed by atoms with Gasteiger partial charge < -0.3 is 14.6 Å². The molecule has 0 spiro atoms. The first kappa shape index (κ1) is 14.2. The topological polar surface area (TPSA) is 89.9 Å². The van der Waals surface area contributed by atoms with Crippen molar-refractivity contribution in [2.75, 3.05) is 13.2 Å². The minimum Gasteiger partial charge on any atom is -0.508 e. The highest BCUT2D eigenvalue weighted by Gasteiger charge is 2.21. The molecule has 90 valence electrons. The number of hydrogen-bond donors (Lipinski definition) is 1. The van der Waals surface area contributed by atoms with E-state index in [0.29, 0.717) is 0 Å². The largest absolute Gasteiger partial charge is 0.508 e. The quantitative estimate of drug-likeness (QED) is 0.243. The smallest absolute Gasteiger partial charge is 0.345 e. The van der Waals surface area contributed by atoms with Crippen LogP contribution in [0.1, 0.15) is 20.8 Å². The van der Waals surface area contributed by atoms with Crippen molar-refractivity contribution in [1.29, 1.82) is 0 Å². The number of carbonyl (C=O) groups is 3. The average Bonchev–Trinajstić information content (AvgIpc) is 2.14. The Morgan fingerprint density at radius 2 is 1.69 bits per heavy atom. The molecule has 0 amide bonds. The van der Waals surface area contributed by atoms with Gasteiger partial charge in [0, 0.05) is 6.92 Å². The second kappa shape index (κ2) is 6.60. The lowest BCUT2D eigenvalue weighted by Gasteiger charge is -2.07. The van der Waals surface area contributed by atoms with E-state index in [1.54, 1.807) is 6.92 Å². The number of hydrogen-bond acceptors (Lipinski definition) is 6. The second-order valence-electron chi connectivity index (χ2n) is 2.88. The van der Waals surface area contributed by atoms with E-state index in [2.05, 4.69) is 9.47 Å². The zero-order valence-corrected chi connectivity index (χ0v) is 9.40. The molecule has 0 unspecified atom stereocenters. The fourth-order valence-electron chi connectivity index (χ4n) is 0.910. The predicted molar refractivity (Wildman–Crippen MR) is 53.6 cm³/mol. The van der Waals surface area contributed by atoms with Gasteiger partial charge >= 0.3 is 11.9 Å². The van der Waals surface area contributed by atoms with E-state index in [1.807, 2.05) is 0 Å². The zero-order chi connectivity index (χ0) is 12.7.